The maximum atomic E-state index is 5.85. The van der Waals surface area contributed by atoms with Crippen LogP contribution in [0.3, 0.4) is 0 Å². The van der Waals surface area contributed by atoms with Crippen LogP contribution in [-0.4, -0.2) is 8.96 Å². The highest BCUT2D eigenvalue weighted by molar-refractivity contribution is 14.2. The fourth-order valence-electron chi connectivity index (χ4n) is 1.49. The summed E-state index contributed by atoms with van der Waals surface area (Å²) in [6.07, 6.45) is 3.85. The molecule has 0 saturated carbocycles. The Labute approximate surface area is 98.8 Å². The first-order chi connectivity index (χ1) is 6.74. The molecule has 0 amide bonds. The number of aromatic nitrogens is 2. The van der Waals surface area contributed by atoms with E-state index in [1.165, 1.54) is 5.52 Å². The number of pyridine rings is 1. The Kier molecular flexibility index (Phi) is 2.99. The van der Waals surface area contributed by atoms with Crippen LogP contribution in [0, 0.1) is 0 Å². The van der Waals surface area contributed by atoms with Gasteiger partial charge in [-0.25, -0.2) is 0 Å². The van der Waals surface area contributed by atoms with Gasteiger partial charge >= 0.3 is 0 Å². The first-order valence-electron chi connectivity index (χ1n) is 4.24. The molecule has 0 fully saturated rings. The van der Waals surface area contributed by atoms with Crippen LogP contribution in [0.5, 0.6) is 0 Å². The molecule has 0 spiro atoms. The highest BCUT2D eigenvalue weighted by atomic mass is 127. The van der Waals surface area contributed by atoms with Crippen molar-refractivity contribution in [1.29, 1.82) is 0 Å². The normalized spacial score (nSPS) is 13.4. The van der Waals surface area contributed by atoms with Gasteiger partial charge in [0.25, 0.3) is 0 Å². The topological polar surface area (TPSA) is 43.8 Å². The van der Waals surface area contributed by atoms with Gasteiger partial charge in [-0.3, -0.25) is 8.96 Å². The fraction of sp³-hybridized carbons (Fsp3) is 0.222. The molecule has 0 aliphatic heterocycles. The average Bonchev–Trinajstić information content (AvgIpc) is 2.59. The third-order valence-corrected chi connectivity index (χ3v) is 3.86. The Morgan fingerprint density at radius 3 is 3.00 bits per heavy atom. The molecule has 5 heteroatoms. The Bertz CT molecular complexity index is 452. The van der Waals surface area contributed by atoms with Crippen molar-refractivity contribution < 1.29 is 0 Å². The van der Waals surface area contributed by atoms with E-state index >= 15 is 0 Å². The molecule has 0 radical (unpaired) electrons. The zero-order valence-corrected chi connectivity index (χ0v) is 10.6. The van der Waals surface area contributed by atoms with Gasteiger partial charge in [0.15, 0.2) is 0 Å². The van der Waals surface area contributed by atoms with Gasteiger partial charge in [0.1, 0.15) is 0 Å². The predicted octanol–water partition coefficient (Wildman–Crippen LogP) is 2.90. The molecule has 0 saturated heterocycles. The number of nitrogens with zero attached hydrogens (tertiary/aromatic N) is 2. The van der Waals surface area contributed by atoms with Gasteiger partial charge in [0.05, 0.1) is 11.2 Å². The number of hydrogen-bond donors (Lipinski definition) is 1. The summed E-state index contributed by atoms with van der Waals surface area (Å²) in [6.45, 7) is 1.95. The number of halogens is 1. The van der Waals surface area contributed by atoms with Crippen molar-refractivity contribution in [2.75, 3.05) is 0 Å². The van der Waals surface area contributed by atoms with E-state index in [1.807, 2.05) is 25.4 Å². The highest BCUT2D eigenvalue weighted by Crippen LogP contribution is 2.27. The third kappa shape index (κ3) is 1.64. The summed E-state index contributed by atoms with van der Waals surface area (Å²) in [7, 11) is 1.64. The number of hydrogen-bond acceptors (Lipinski definition) is 3. The van der Waals surface area contributed by atoms with E-state index in [1.54, 1.807) is 9.12 Å². The van der Waals surface area contributed by atoms with Gasteiger partial charge in [0, 0.05) is 54.1 Å². The first-order valence-corrected chi connectivity index (χ1v) is 7.56. The maximum absolute atomic E-state index is 5.85. The summed E-state index contributed by atoms with van der Waals surface area (Å²) in [6, 6.07) is 4.05. The summed E-state index contributed by atoms with van der Waals surface area (Å²) in [5.74, 6) is 0. The van der Waals surface area contributed by atoms with E-state index < -0.39 is 0 Å². The van der Waals surface area contributed by atoms with Crippen molar-refractivity contribution in [3.63, 3.8) is 0 Å². The zero-order chi connectivity index (χ0) is 10.1. The molecule has 2 aromatic heterocycles. The molecule has 74 valence electrons. The lowest BCUT2D eigenvalue weighted by atomic mass is 10.1. The first kappa shape index (κ1) is 10.3. The van der Waals surface area contributed by atoms with Crippen molar-refractivity contribution in [1.82, 2.24) is 8.96 Å². The van der Waals surface area contributed by atoms with Crippen molar-refractivity contribution in [2.24, 2.45) is 5.73 Å². The maximum Gasteiger partial charge on any atom is 0.0662 e. The molecule has 14 heavy (non-hydrogen) atoms. The summed E-state index contributed by atoms with van der Waals surface area (Å²) in [5.41, 5.74) is 7.99. The van der Waals surface area contributed by atoms with Crippen molar-refractivity contribution in [3.05, 3.63) is 30.2 Å². The van der Waals surface area contributed by atoms with Gasteiger partial charge in [-0.1, -0.05) is 0 Å². The standard InChI is InChI=1S/C9H10IN3S/c1-6(11)9-7-3-5-13(14-10)8(7)2-4-12-9/h2-6H,11H2,1H3. The van der Waals surface area contributed by atoms with E-state index in [0.29, 0.717) is 0 Å². The second-order valence-electron chi connectivity index (χ2n) is 3.13. The monoisotopic (exact) mass is 319 g/mol. The Morgan fingerprint density at radius 1 is 1.57 bits per heavy atom. The van der Waals surface area contributed by atoms with E-state index in [9.17, 15) is 0 Å². The van der Waals surface area contributed by atoms with Gasteiger partial charge in [-0.15, -0.1) is 0 Å². The highest BCUT2D eigenvalue weighted by Gasteiger charge is 2.09. The van der Waals surface area contributed by atoms with Gasteiger partial charge in [-0.2, -0.15) is 0 Å². The minimum absolute atomic E-state index is 0.0197. The molecule has 0 aliphatic rings. The van der Waals surface area contributed by atoms with Crippen molar-refractivity contribution in [3.8, 4) is 0 Å². The van der Waals surface area contributed by atoms with E-state index in [-0.39, 0.29) is 6.04 Å². The molecule has 2 rings (SSSR count). The van der Waals surface area contributed by atoms with E-state index in [0.717, 1.165) is 11.1 Å². The Morgan fingerprint density at radius 2 is 2.36 bits per heavy atom. The minimum Gasteiger partial charge on any atom is -0.323 e. The lowest BCUT2D eigenvalue weighted by molar-refractivity contribution is 0.791. The molecule has 0 aliphatic carbocycles. The quantitative estimate of drug-likeness (QED) is 0.866. The van der Waals surface area contributed by atoms with Crippen LogP contribution >= 0.6 is 30.3 Å². The fourth-order valence-corrected chi connectivity index (χ4v) is 2.86. The molecule has 1 unspecified atom stereocenters. The van der Waals surface area contributed by atoms with Crippen LogP contribution in [0.1, 0.15) is 18.7 Å². The second kappa shape index (κ2) is 4.08. The van der Waals surface area contributed by atoms with Gasteiger partial charge < -0.3 is 5.73 Å². The second-order valence-corrected chi connectivity index (χ2v) is 4.84. The summed E-state index contributed by atoms with van der Waals surface area (Å²) >= 11 is 2.26. The van der Waals surface area contributed by atoms with Crippen LogP contribution in [0.2, 0.25) is 0 Å². The van der Waals surface area contributed by atoms with Gasteiger partial charge in [0.2, 0.25) is 0 Å². The Balaban J connectivity index is 2.70. The summed E-state index contributed by atoms with van der Waals surface area (Å²) in [5, 5.41) is 1.15. The predicted molar refractivity (Wildman–Crippen MR) is 69.3 cm³/mol. The summed E-state index contributed by atoms with van der Waals surface area (Å²) < 4.78 is 2.10. The van der Waals surface area contributed by atoms with Crippen molar-refractivity contribution in [2.45, 2.75) is 13.0 Å². The number of rotatable bonds is 2. The summed E-state index contributed by atoms with van der Waals surface area (Å²) in [4.78, 5) is 4.30. The van der Waals surface area contributed by atoms with E-state index in [2.05, 4.69) is 36.2 Å². The van der Waals surface area contributed by atoms with Crippen LogP contribution in [-0.2, 0) is 0 Å². The van der Waals surface area contributed by atoms with E-state index in [4.69, 9.17) is 5.73 Å². The molecule has 2 heterocycles. The molecule has 0 aromatic carbocycles. The molecule has 3 nitrogen and oxygen atoms in total. The lowest BCUT2D eigenvalue weighted by Gasteiger charge is -2.06. The lowest BCUT2D eigenvalue weighted by Crippen LogP contribution is -2.07. The average molecular weight is 319 g/mol. The molecular weight excluding hydrogens is 309 g/mol. The number of fused-ring (bicyclic) bond motifs is 1. The molecule has 2 N–H and O–H groups in total. The molecule has 0 bridgehead atoms. The van der Waals surface area contributed by atoms with Crippen LogP contribution in [0.4, 0.5) is 0 Å². The largest absolute Gasteiger partial charge is 0.323 e. The Hall–Kier alpha value is -0.270. The van der Waals surface area contributed by atoms with Crippen molar-refractivity contribution >= 4 is 41.2 Å². The minimum atomic E-state index is -0.0197. The molecule has 2 aromatic rings. The smallest absolute Gasteiger partial charge is 0.0662 e. The van der Waals surface area contributed by atoms with Crippen LogP contribution in [0.15, 0.2) is 24.5 Å². The third-order valence-electron chi connectivity index (χ3n) is 2.12. The molecular formula is C9H10IN3S. The molecule has 1 atom stereocenters. The van der Waals surface area contributed by atoms with Crippen LogP contribution in [0.25, 0.3) is 10.9 Å². The van der Waals surface area contributed by atoms with Crippen LogP contribution < -0.4 is 5.73 Å². The number of nitrogens with two attached hydrogens (primary N) is 1. The zero-order valence-electron chi connectivity index (χ0n) is 7.64. The van der Waals surface area contributed by atoms with Gasteiger partial charge in [-0.05, 0) is 19.1 Å². The SMILES string of the molecule is CC(N)c1nccc2c1ccn2SI.